The van der Waals surface area contributed by atoms with Crippen LogP contribution in [-0.2, 0) is 16.0 Å². The first-order chi connectivity index (χ1) is 13.1. The number of rotatable bonds is 3. The van der Waals surface area contributed by atoms with Gasteiger partial charge in [-0.05, 0) is 23.8 Å². The number of hydrogen-bond acceptors (Lipinski definition) is 5. The smallest absolute Gasteiger partial charge is 0.257 e. The third-order valence-corrected chi connectivity index (χ3v) is 5.36. The molecule has 6 nitrogen and oxygen atoms in total. The summed E-state index contributed by atoms with van der Waals surface area (Å²) in [4.78, 5) is 17.1. The van der Waals surface area contributed by atoms with E-state index in [1.54, 1.807) is 4.90 Å². The largest absolute Gasteiger partial charge is 0.507 e. The molecular formula is C21H26N2O4. The van der Waals surface area contributed by atoms with Crippen LogP contribution in [0.2, 0.25) is 0 Å². The van der Waals surface area contributed by atoms with Crippen LogP contribution in [0.1, 0.15) is 22.8 Å². The summed E-state index contributed by atoms with van der Waals surface area (Å²) in [6.45, 7) is 7.17. The van der Waals surface area contributed by atoms with Gasteiger partial charge in [0.1, 0.15) is 5.75 Å². The zero-order chi connectivity index (χ0) is 18.8. The molecule has 2 aromatic rings. The number of aromatic hydroxyl groups is 1. The van der Waals surface area contributed by atoms with Crippen LogP contribution in [0.5, 0.6) is 5.75 Å². The highest BCUT2D eigenvalue weighted by molar-refractivity contribution is 6.03. The molecule has 2 heterocycles. The van der Waals surface area contributed by atoms with E-state index in [1.165, 1.54) is 0 Å². The maximum Gasteiger partial charge on any atom is 0.257 e. The molecule has 6 heteroatoms. The number of carbonyl (C=O) groups is 1. The van der Waals surface area contributed by atoms with Crippen molar-refractivity contribution in [2.75, 3.05) is 46.0 Å². The van der Waals surface area contributed by atoms with Gasteiger partial charge < -0.3 is 19.5 Å². The minimum Gasteiger partial charge on any atom is -0.507 e. The van der Waals surface area contributed by atoms with Crippen LogP contribution in [0.3, 0.4) is 0 Å². The van der Waals surface area contributed by atoms with E-state index in [4.69, 9.17) is 9.47 Å². The van der Waals surface area contributed by atoms with Gasteiger partial charge in [-0.1, -0.05) is 24.3 Å². The average molecular weight is 370 g/mol. The first kappa shape index (κ1) is 18.2. The van der Waals surface area contributed by atoms with Gasteiger partial charge in [0, 0.05) is 38.3 Å². The summed E-state index contributed by atoms with van der Waals surface area (Å²) in [6, 6.07) is 9.75. The summed E-state index contributed by atoms with van der Waals surface area (Å²) in [5.74, 6) is -0.0255. The Kier molecular flexibility index (Phi) is 5.29. The Morgan fingerprint density at radius 3 is 2.74 bits per heavy atom. The van der Waals surface area contributed by atoms with Crippen LogP contribution in [0.4, 0.5) is 0 Å². The standard InChI is InChI=1S/C21H26N2O4/c1-15-13-22(6-11-27-15)14-19-17-5-3-2-4-16(17)12-18(20(19)24)21(25)23-7-9-26-10-8-23/h2-5,12,15,24H,6-11,13-14H2,1H3/t15-/m0/s1. The fraction of sp³-hybridized carbons (Fsp3) is 0.476. The molecule has 2 saturated heterocycles. The van der Waals surface area contributed by atoms with Crippen molar-refractivity contribution in [1.82, 2.24) is 9.80 Å². The topological polar surface area (TPSA) is 62.2 Å². The van der Waals surface area contributed by atoms with Gasteiger partial charge in [-0.3, -0.25) is 9.69 Å². The summed E-state index contributed by atoms with van der Waals surface area (Å²) in [5.41, 5.74) is 1.20. The van der Waals surface area contributed by atoms with Gasteiger partial charge in [0.15, 0.2) is 0 Å². The molecule has 0 bridgehead atoms. The molecule has 0 spiro atoms. The number of amides is 1. The van der Waals surface area contributed by atoms with Crippen LogP contribution in [-0.4, -0.2) is 72.9 Å². The Balaban J connectivity index is 1.72. The maximum atomic E-state index is 13.0. The van der Waals surface area contributed by atoms with Crippen molar-refractivity contribution in [1.29, 1.82) is 0 Å². The van der Waals surface area contributed by atoms with Crippen molar-refractivity contribution in [2.24, 2.45) is 0 Å². The molecule has 0 radical (unpaired) electrons. The Morgan fingerprint density at radius 2 is 1.96 bits per heavy atom. The van der Waals surface area contributed by atoms with Crippen molar-refractivity contribution in [3.63, 3.8) is 0 Å². The number of phenolic OH excluding ortho intramolecular Hbond substituents is 1. The second-order valence-corrected chi connectivity index (χ2v) is 7.29. The molecule has 144 valence electrons. The third-order valence-electron chi connectivity index (χ3n) is 5.36. The van der Waals surface area contributed by atoms with E-state index in [2.05, 4.69) is 11.8 Å². The van der Waals surface area contributed by atoms with Crippen LogP contribution < -0.4 is 0 Å². The second kappa shape index (κ2) is 7.84. The lowest BCUT2D eigenvalue weighted by atomic mass is 9.97. The zero-order valence-electron chi connectivity index (χ0n) is 15.7. The predicted molar refractivity (Wildman–Crippen MR) is 103 cm³/mol. The van der Waals surface area contributed by atoms with Crippen molar-refractivity contribution >= 4 is 16.7 Å². The molecule has 1 atom stereocenters. The van der Waals surface area contributed by atoms with E-state index in [0.717, 1.165) is 29.4 Å². The predicted octanol–water partition coefficient (Wildman–Crippen LogP) is 2.24. The summed E-state index contributed by atoms with van der Waals surface area (Å²) in [6.07, 6.45) is 0.172. The van der Waals surface area contributed by atoms with Gasteiger partial charge in [-0.15, -0.1) is 0 Å². The fourth-order valence-electron chi connectivity index (χ4n) is 3.93. The van der Waals surface area contributed by atoms with E-state index in [-0.39, 0.29) is 17.8 Å². The Bertz CT molecular complexity index is 832. The number of carbonyl (C=O) groups excluding carboxylic acids is 1. The van der Waals surface area contributed by atoms with E-state index >= 15 is 0 Å². The first-order valence-corrected chi connectivity index (χ1v) is 9.58. The second-order valence-electron chi connectivity index (χ2n) is 7.29. The summed E-state index contributed by atoms with van der Waals surface area (Å²) in [7, 11) is 0. The lowest BCUT2D eigenvalue weighted by Crippen LogP contribution is -2.41. The fourth-order valence-corrected chi connectivity index (χ4v) is 3.93. The van der Waals surface area contributed by atoms with Crippen molar-refractivity contribution < 1.29 is 19.4 Å². The van der Waals surface area contributed by atoms with Gasteiger partial charge in [-0.25, -0.2) is 0 Å². The summed E-state index contributed by atoms with van der Waals surface area (Å²) < 4.78 is 11.0. The molecule has 1 N–H and O–H groups in total. The Labute approximate surface area is 159 Å². The monoisotopic (exact) mass is 370 g/mol. The minimum atomic E-state index is -0.127. The van der Waals surface area contributed by atoms with Crippen LogP contribution in [0.25, 0.3) is 10.8 Å². The lowest BCUT2D eigenvalue weighted by molar-refractivity contribution is -0.0212. The Hall–Kier alpha value is -2.15. The lowest BCUT2D eigenvalue weighted by Gasteiger charge is -2.32. The number of benzene rings is 2. The molecule has 2 aliphatic heterocycles. The molecule has 27 heavy (non-hydrogen) atoms. The Morgan fingerprint density at radius 1 is 1.19 bits per heavy atom. The number of nitrogens with zero attached hydrogens (tertiary/aromatic N) is 2. The summed E-state index contributed by atoms with van der Waals surface area (Å²) >= 11 is 0. The van der Waals surface area contributed by atoms with E-state index < -0.39 is 0 Å². The molecule has 0 saturated carbocycles. The minimum absolute atomic E-state index is 0.101. The molecule has 0 unspecified atom stereocenters. The van der Waals surface area contributed by atoms with E-state index in [1.807, 2.05) is 30.3 Å². The molecule has 2 fully saturated rings. The highest BCUT2D eigenvalue weighted by Gasteiger charge is 2.26. The van der Waals surface area contributed by atoms with Gasteiger partial charge in [0.05, 0.1) is 31.5 Å². The van der Waals surface area contributed by atoms with Gasteiger partial charge in [0.2, 0.25) is 0 Å². The van der Waals surface area contributed by atoms with Gasteiger partial charge in [-0.2, -0.15) is 0 Å². The highest BCUT2D eigenvalue weighted by atomic mass is 16.5. The number of phenols is 1. The number of ether oxygens (including phenoxy) is 2. The maximum absolute atomic E-state index is 13.0. The van der Waals surface area contributed by atoms with Crippen LogP contribution in [0, 0.1) is 0 Å². The molecule has 2 aliphatic rings. The van der Waals surface area contributed by atoms with E-state index in [0.29, 0.717) is 45.0 Å². The average Bonchev–Trinajstić information content (AvgIpc) is 2.70. The normalized spacial score (nSPS) is 21.5. The number of hydrogen-bond donors (Lipinski definition) is 1. The van der Waals surface area contributed by atoms with Crippen LogP contribution >= 0.6 is 0 Å². The summed E-state index contributed by atoms with van der Waals surface area (Å²) in [5, 5.41) is 13.0. The van der Waals surface area contributed by atoms with Gasteiger partial charge in [0.25, 0.3) is 5.91 Å². The first-order valence-electron chi connectivity index (χ1n) is 9.58. The zero-order valence-corrected chi connectivity index (χ0v) is 15.7. The quantitative estimate of drug-likeness (QED) is 0.898. The number of fused-ring (bicyclic) bond motifs is 1. The van der Waals surface area contributed by atoms with Crippen LogP contribution in [0.15, 0.2) is 30.3 Å². The van der Waals surface area contributed by atoms with Gasteiger partial charge >= 0.3 is 0 Å². The van der Waals surface area contributed by atoms with E-state index in [9.17, 15) is 9.90 Å². The highest BCUT2D eigenvalue weighted by Crippen LogP contribution is 2.33. The third kappa shape index (κ3) is 3.78. The molecule has 1 amide bonds. The van der Waals surface area contributed by atoms with Crippen molar-refractivity contribution in [3.8, 4) is 5.75 Å². The van der Waals surface area contributed by atoms with Crippen molar-refractivity contribution in [2.45, 2.75) is 19.6 Å². The molecule has 0 aromatic heterocycles. The molecule has 0 aliphatic carbocycles. The molecular weight excluding hydrogens is 344 g/mol. The number of morpholine rings is 2. The SMILES string of the molecule is C[C@H]1CN(Cc2c(O)c(C(=O)N3CCOCC3)cc3ccccc23)CCO1. The molecule has 2 aromatic carbocycles. The van der Waals surface area contributed by atoms with Crippen molar-refractivity contribution in [3.05, 3.63) is 41.5 Å². The molecule has 4 rings (SSSR count).